The van der Waals surface area contributed by atoms with Crippen LogP contribution < -0.4 is 5.32 Å². The highest BCUT2D eigenvalue weighted by Crippen LogP contribution is 2.49. The highest BCUT2D eigenvalue weighted by Gasteiger charge is 2.32. The lowest BCUT2D eigenvalue weighted by molar-refractivity contribution is -0.116. The summed E-state index contributed by atoms with van der Waals surface area (Å²) in [6.07, 6.45) is 3.70. The molecule has 1 aliphatic heterocycles. The summed E-state index contributed by atoms with van der Waals surface area (Å²) in [6, 6.07) is 17.3. The number of rotatable bonds is 3. The molecule has 1 heterocycles. The molecule has 2 aromatic rings. The first-order valence-corrected chi connectivity index (χ1v) is 10.4. The van der Waals surface area contributed by atoms with Gasteiger partial charge in [-0.15, -0.1) is 11.8 Å². The van der Waals surface area contributed by atoms with E-state index in [9.17, 15) is 4.79 Å². The molecule has 1 N–H and O–H groups in total. The smallest absolute Gasteiger partial charge is 0.162 e. The number of carbonyl (C=O) groups is 1. The zero-order valence-corrected chi connectivity index (χ0v) is 16.2. The van der Waals surface area contributed by atoms with Gasteiger partial charge < -0.3 is 5.32 Å². The largest absolute Gasteiger partial charge is 0.358 e. The molecule has 134 valence electrons. The molecule has 2 atom stereocenters. The Hall–Kier alpha value is -2.00. The zero-order valence-electron chi connectivity index (χ0n) is 15.4. The van der Waals surface area contributed by atoms with Crippen LogP contribution >= 0.6 is 11.8 Å². The van der Waals surface area contributed by atoms with Crippen LogP contribution in [0.25, 0.3) is 0 Å². The Kier molecular flexibility index (Phi) is 4.90. The molecule has 0 amide bonds. The summed E-state index contributed by atoms with van der Waals surface area (Å²) < 4.78 is 0. The van der Waals surface area contributed by atoms with Gasteiger partial charge in [0.25, 0.3) is 0 Å². The second-order valence-electron chi connectivity index (χ2n) is 7.26. The Labute approximate surface area is 160 Å². The number of nitrogens with one attached hydrogen (secondary N) is 1. The van der Waals surface area contributed by atoms with Crippen molar-refractivity contribution >= 4 is 23.2 Å². The molecule has 26 heavy (non-hydrogen) atoms. The van der Waals surface area contributed by atoms with Crippen LogP contribution in [0.1, 0.15) is 61.8 Å². The van der Waals surface area contributed by atoms with Crippen molar-refractivity contribution in [2.24, 2.45) is 0 Å². The number of allylic oxidation sites excluding steroid dienone is 1. The predicted molar refractivity (Wildman–Crippen MR) is 110 cm³/mol. The van der Waals surface area contributed by atoms with Crippen molar-refractivity contribution in [2.45, 2.75) is 55.6 Å². The number of fused-ring (bicyclic) bond motifs is 1. The average Bonchev–Trinajstić information content (AvgIpc) is 2.85. The van der Waals surface area contributed by atoms with E-state index in [-0.39, 0.29) is 5.25 Å². The van der Waals surface area contributed by atoms with Gasteiger partial charge in [-0.2, -0.15) is 0 Å². The van der Waals surface area contributed by atoms with Gasteiger partial charge in [0.1, 0.15) is 0 Å². The summed E-state index contributed by atoms with van der Waals surface area (Å²) in [6.45, 7) is 4.49. The molecule has 0 saturated carbocycles. The van der Waals surface area contributed by atoms with Crippen LogP contribution in [0.5, 0.6) is 0 Å². The molecule has 4 rings (SSSR count). The fourth-order valence-electron chi connectivity index (χ4n) is 3.79. The standard InChI is InChI=1S/C23H25NOS/c1-3-15(2)16-11-13-17(14-12-16)23-22-19(8-6-9-20(22)25)24-18-7-4-5-10-21(18)26-23/h4-5,7,10-15,23-24H,3,6,8-9H2,1-2H3/t15-,23+/m0/s1. The maximum atomic E-state index is 12.8. The number of hydrogen-bond donors (Lipinski definition) is 1. The Morgan fingerprint density at radius 1 is 1.12 bits per heavy atom. The third-order valence-corrected chi connectivity index (χ3v) is 6.91. The topological polar surface area (TPSA) is 29.1 Å². The van der Waals surface area contributed by atoms with Gasteiger partial charge in [0, 0.05) is 22.6 Å². The monoisotopic (exact) mass is 363 g/mol. The summed E-state index contributed by atoms with van der Waals surface area (Å²) in [7, 11) is 0. The molecule has 0 spiro atoms. The first kappa shape index (κ1) is 17.4. The normalized spacial score (nSPS) is 20.7. The molecule has 2 aliphatic rings. The summed E-state index contributed by atoms with van der Waals surface area (Å²) in [4.78, 5) is 14.0. The first-order valence-electron chi connectivity index (χ1n) is 9.56. The Morgan fingerprint density at radius 2 is 1.88 bits per heavy atom. The van der Waals surface area contributed by atoms with Gasteiger partial charge in [0.2, 0.25) is 0 Å². The summed E-state index contributed by atoms with van der Waals surface area (Å²) in [5, 5.41) is 3.64. The third kappa shape index (κ3) is 3.21. The third-order valence-electron chi connectivity index (χ3n) is 5.56. The minimum absolute atomic E-state index is 0.0694. The maximum Gasteiger partial charge on any atom is 0.162 e. The van der Waals surface area contributed by atoms with Crippen LogP contribution in [0.2, 0.25) is 0 Å². The minimum atomic E-state index is 0.0694. The molecule has 2 nitrogen and oxygen atoms in total. The Balaban J connectivity index is 1.78. The van der Waals surface area contributed by atoms with Crippen LogP contribution in [-0.4, -0.2) is 5.78 Å². The zero-order chi connectivity index (χ0) is 18.1. The fourth-order valence-corrected chi connectivity index (χ4v) is 5.13. The number of Topliss-reactive ketones (excluding diaryl/α,β-unsaturated/α-hetero) is 1. The van der Waals surface area contributed by atoms with Crippen molar-refractivity contribution < 1.29 is 4.79 Å². The van der Waals surface area contributed by atoms with Crippen molar-refractivity contribution in [3.05, 3.63) is 70.9 Å². The second kappa shape index (κ2) is 7.32. The number of ketones is 1. The molecule has 0 aromatic heterocycles. The number of thioether (sulfide) groups is 1. The number of hydrogen-bond acceptors (Lipinski definition) is 3. The lowest BCUT2D eigenvalue weighted by Gasteiger charge is -2.24. The van der Waals surface area contributed by atoms with Crippen molar-refractivity contribution in [2.75, 3.05) is 5.32 Å². The number of anilines is 1. The van der Waals surface area contributed by atoms with Crippen molar-refractivity contribution in [3.63, 3.8) is 0 Å². The maximum absolute atomic E-state index is 12.8. The lowest BCUT2D eigenvalue weighted by atomic mass is 9.89. The average molecular weight is 364 g/mol. The van der Waals surface area contributed by atoms with Crippen LogP contribution in [0, 0.1) is 0 Å². The molecule has 0 radical (unpaired) electrons. The molecule has 0 saturated heterocycles. The highest BCUT2D eigenvalue weighted by atomic mass is 32.2. The van der Waals surface area contributed by atoms with E-state index in [0.29, 0.717) is 18.1 Å². The van der Waals surface area contributed by atoms with Crippen LogP contribution in [0.15, 0.2) is 64.7 Å². The molecular formula is C23H25NOS. The minimum Gasteiger partial charge on any atom is -0.358 e. The van der Waals surface area contributed by atoms with Gasteiger partial charge in [-0.25, -0.2) is 0 Å². The van der Waals surface area contributed by atoms with Crippen molar-refractivity contribution in [1.82, 2.24) is 0 Å². The van der Waals surface area contributed by atoms with Gasteiger partial charge in [-0.3, -0.25) is 4.79 Å². The number of para-hydroxylation sites is 1. The summed E-state index contributed by atoms with van der Waals surface area (Å²) in [5.41, 5.74) is 5.82. The van der Waals surface area contributed by atoms with E-state index in [1.165, 1.54) is 16.0 Å². The SMILES string of the molecule is CC[C@H](C)c1ccc([C@H]2Sc3ccccc3NC3=C2C(=O)CCC3)cc1. The van der Waals surface area contributed by atoms with Gasteiger partial charge in [-0.05, 0) is 48.4 Å². The Morgan fingerprint density at radius 3 is 2.65 bits per heavy atom. The molecule has 3 heteroatoms. The van der Waals surface area contributed by atoms with E-state index in [0.717, 1.165) is 36.2 Å². The van der Waals surface area contributed by atoms with Crippen LogP contribution in [-0.2, 0) is 4.79 Å². The molecule has 0 fully saturated rings. The summed E-state index contributed by atoms with van der Waals surface area (Å²) >= 11 is 1.80. The van der Waals surface area contributed by atoms with Crippen molar-refractivity contribution in [3.8, 4) is 0 Å². The molecule has 1 aliphatic carbocycles. The van der Waals surface area contributed by atoms with Gasteiger partial charge in [-0.1, -0.05) is 50.2 Å². The van der Waals surface area contributed by atoms with E-state index in [2.05, 4.69) is 67.7 Å². The highest BCUT2D eigenvalue weighted by molar-refractivity contribution is 8.00. The lowest BCUT2D eigenvalue weighted by Crippen LogP contribution is -2.19. The van der Waals surface area contributed by atoms with Gasteiger partial charge >= 0.3 is 0 Å². The van der Waals surface area contributed by atoms with Gasteiger partial charge in [0.05, 0.1) is 10.9 Å². The predicted octanol–water partition coefficient (Wildman–Crippen LogP) is 6.47. The Bertz CT molecular complexity index is 853. The van der Waals surface area contributed by atoms with E-state index >= 15 is 0 Å². The number of carbonyl (C=O) groups excluding carboxylic acids is 1. The van der Waals surface area contributed by atoms with E-state index in [4.69, 9.17) is 0 Å². The first-order chi connectivity index (χ1) is 12.7. The summed E-state index contributed by atoms with van der Waals surface area (Å²) in [5.74, 6) is 0.870. The van der Waals surface area contributed by atoms with Crippen LogP contribution in [0.3, 0.4) is 0 Å². The second-order valence-corrected chi connectivity index (χ2v) is 8.41. The van der Waals surface area contributed by atoms with E-state index < -0.39 is 0 Å². The van der Waals surface area contributed by atoms with Crippen LogP contribution in [0.4, 0.5) is 5.69 Å². The van der Waals surface area contributed by atoms with Gasteiger partial charge in [0.15, 0.2) is 5.78 Å². The van der Waals surface area contributed by atoms with E-state index in [1.807, 2.05) is 0 Å². The van der Waals surface area contributed by atoms with Crippen molar-refractivity contribution in [1.29, 1.82) is 0 Å². The van der Waals surface area contributed by atoms with E-state index in [1.54, 1.807) is 11.8 Å². The molecule has 0 bridgehead atoms. The molecular weight excluding hydrogens is 338 g/mol. The quantitative estimate of drug-likeness (QED) is 0.678. The number of benzene rings is 2. The molecule has 0 unspecified atom stereocenters. The fraction of sp³-hybridized carbons (Fsp3) is 0.348. The molecule has 2 aromatic carbocycles.